The van der Waals surface area contributed by atoms with Gasteiger partial charge in [-0.15, -0.1) is 0 Å². The molecule has 1 rings (SSSR count). The van der Waals surface area contributed by atoms with Crippen LogP contribution in [0.2, 0.25) is 0 Å². The summed E-state index contributed by atoms with van der Waals surface area (Å²) in [6.07, 6.45) is -6.31. The highest BCUT2D eigenvalue weighted by Crippen LogP contribution is 2.30. The molecule has 0 saturated heterocycles. The van der Waals surface area contributed by atoms with E-state index >= 15 is 0 Å². The summed E-state index contributed by atoms with van der Waals surface area (Å²) >= 11 is 0. The number of nitrogens with zero attached hydrogens (tertiary/aromatic N) is 1. The molecule has 14 heavy (non-hydrogen) atoms. The first kappa shape index (κ1) is 10.5. The number of halogens is 4. The van der Waals surface area contributed by atoms with Crippen molar-refractivity contribution in [2.45, 2.75) is 12.3 Å². The minimum atomic E-state index is -4.43. The van der Waals surface area contributed by atoms with E-state index in [-0.39, 0.29) is 5.56 Å². The topological polar surface area (TPSA) is 23.8 Å². The Balaban J connectivity index is 2.96. The van der Waals surface area contributed by atoms with Gasteiger partial charge < -0.3 is 0 Å². The highest BCUT2D eigenvalue weighted by molar-refractivity contribution is 5.28. The van der Waals surface area contributed by atoms with Crippen LogP contribution in [0.4, 0.5) is 17.6 Å². The number of nitriles is 1. The summed E-state index contributed by atoms with van der Waals surface area (Å²) in [5.41, 5.74) is -0.924. The number of rotatable bonds is 1. The first-order valence-corrected chi connectivity index (χ1v) is 3.66. The lowest BCUT2D eigenvalue weighted by molar-refractivity contribution is -0.137. The fourth-order valence-corrected chi connectivity index (χ4v) is 0.916. The van der Waals surface area contributed by atoms with Gasteiger partial charge in [0.15, 0.2) is 0 Å². The smallest absolute Gasteiger partial charge is 0.226 e. The van der Waals surface area contributed by atoms with Gasteiger partial charge in [0.2, 0.25) is 6.17 Å². The van der Waals surface area contributed by atoms with Crippen molar-refractivity contribution in [3.8, 4) is 6.07 Å². The van der Waals surface area contributed by atoms with Crippen molar-refractivity contribution in [2.75, 3.05) is 0 Å². The van der Waals surface area contributed by atoms with Crippen LogP contribution in [0.15, 0.2) is 24.3 Å². The zero-order chi connectivity index (χ0) is 10.8. The molecule has 0 saturated carbocycles. The molecule has 0 aliphatic heterocycles. The van der Waals surface area contributed by atoms with Crippen LogP contribution in [0.5, 0.6) is 0 Å². The predicted molar refractivity (Wildman–Crippen MR) is 40.9 cm³/mol. The SMILES string of the molecule is N#C[C@H](F)c1ccc(C(F)(F)F)cc1. The Morgan fingerprint density at radius 2 is 1.64 bits per heavy atom. The van der Waals surface area contributed by atoms with Crippen LogP contribution in [0.25, 0.3) is 0 Å². The van der Waals surface area contributed by atoms with E-state index in [4.69, 9.17) is 5.26 Å². The molecule has 0 spiro atoms. The first-order valence-electron chi connectivity index (χ1n) is 3.66. The zero-order valence-electron chi connectivity index (χ0n) is 6.85. The van der Waals surface area contributed by atoms with E-state index in [1.165, 1.54) is 6.07 Å². The van der Waals surface area contributed by atoms with E-state index in [1.54, 1.807) is 0 Å². The van der Waals surface area contributed by atoms with Gasteiger partial charge in [0.05, 0.1) is 5.56 Å². The Bertz CT molecular complexity index is 347. The number of hydrogen-bond donors (Lipinski definition) is 0. The van der Waals surface area contributed by atoms with Crippen molar-refractivity contribution in [3.63, 3.8) is 0 Å². The molecule has 0 aliphatic rings. The molecule has 0 fully saturated rings. The molecule has 0 bridgehead atoms. The molecular weight excluding hydrogens is 198 g/mol. The van der Waals surface area contributed by atoms with Gasteiger partial charge in [0.25, 0.3) is 0 Å². The van der Waals surface area contributed by atoms with E-state index in [1.807, 2.05) is 0 Å². The van der Waals surface area contributed by atoms with Gasteiger partial charge in [-0.3, -0.25) is 0 Å². The Hall–Kier alpha value is -1.57. The van der Waals surface area contributed by atoms with Crippen LogP contribution in [-0.2, 0) is 6.18 Å². The maximum atomic E-state index is 12.7. The van der Waals surface area contributed by atoms with Gasteiger partial charge in [-0.25, -0.2) is 4.39 Å². The second-order valence-corrected chi connectivity index (χ2v) is 2.61. The van der Waals surface area contributed by atoms with E-state index in [9.17, 15) is 17.6 Å². The Kier molecular flexibility index (Phi) is 2.75. The Labute approximate surface area is 77.6 Å². The largest absolute Gasteiger partial charge is 0.416 e. The fraction of sp³-hybridized carbons (Fsp3) is 0.222. The fourth-order valence-electron chi connectivity index (χ4n) is 0.916. The maximum Gasteiger partial charge on any atom is 0.416 e. The van der Waals surface area contributed by atoms with Crippen LogP contribution >= 0.6 is 0 Å². The minimum absolute atomic E-state index is 0.0690. The average molecular weight is 203 g/mol. The summed E-state index contributed by atoms with van der Waals surface area (Å²) in [5, 5.41) is 8.17. The van der Waals surface area contributed by atoms with E-state index in [2.05, 4.69) is 0 Å². The standard InChI is InChI=1S/C9H5F4N/c10-8(5-14)6-1-3-7(4-2-6)9(11,12)13/h1-4,8H/t8-/m0/s1. The molecule has 0 aromatic heterocycles. The Morgan fingerprint density at radius 3 is 2.00 bits per heavy atom. The first-order chi connectivity index (χ1) is 6.45. The molecule has 74 valence electrons. The summed E-state index contributed by atoms with van der Waals surface area (Å²) in [7, 11) is 0. The molecule has 1 aromatic rings. The van der Waals surface area contributed by atoms with E-state index in [0.717, 1.165) is 24.3 Å². The van der Waals surface area contributed by atoms with Gasteiger partial charge in [-0.1, -0.05) is 12.1 Å². The van der Waals surface area contributed by atoms with Gasteiger partial charge in [0, 0.05) is 5.56 Å². The third-order valence-corrected chi connectivity index (χ3v) is 1.64. The molecule has 0 N–H and O–H groups in total. The van der Waals surface area contributed by atoms with E-state index in [0.29, 0.717) is 0 Å². The van der Waals surface area contributed by atoms with Crippen molar-refractivity contribution in [3.05, 3.63) is 35.4 Å². The number of benzene rings is 1. The summed E-state index contributed by atoms with van der Waals surface area (Å²) in [5.74, 6) is 0. The molecule has 1 aromatic carbocycles. The lowest BCUT2D eigenvalue weighted by Gasteiger charge is -2.06. The zero-order valence-corrected chi connectivity index (χ0v) is 6.85. The molecule has 0 heterocycles. The molecule has 0 unspecified atom stereocenters. The van der Waals surface area contributed by atoms with Crippen molar-refractivity contribution < 1.29 is 17.6 Å². The van der Waals surface area contributed by atoms with Crippen molar-refractivity contribution in [2.24, 2.45) is 0 Å². The van der Waals surface area contributed by atoms with Crippen LogP contribution in [-0.4, -0.2) is 0 Å². The van der Waals surface area contributed by atoms with Crippen molar-refractivity contribution >= 4 is 0 Å². The monoisotopic (exact) mass is 203 g/mol. The van der Waals surface area contributed by atoms with Gasteiger partial charge >= 0.3 is 6.18 Å². The molecule has 1 atom stereocenters. The third-order valence-electron chi connectivity index (χ3n) is 1.64. The Morgan fingerprint density at radius 1 is 1.14 bits per heavy atom. The molecule has 1 nitrogen and oxygen atoms in total. The molecule has 5 heteroatoms. The van der Waals surface area contributed by atoms with Crippen LogP contribution in [0, 0.1) is 11.3 Å². The summed E-state index contributed by atoms with van der Waals surface area (Å²) in [6.45, 7) is 0. The molecule has 0 aliphatic carbocycles. The molecule has 0 radical (unpaired) electrons. The lowest BCUT2D eigenvalue weighted by atomic mass is 10.1. The second-order valence-electron chi connectivity index (χ2n) is 2.61. The second kappa shape index (κ2) is 3.66. The highest BCUT2D eigenvalue weighted by atomic mass is 19.4. The van der Waals surface area contributed by atoms with E-state index < -0.39 is 17.9 Å². The summed E-state index contributed by atoms with van der Waals surface area (Å²) < 4.78 is 48.8. The van der Waals surface area contributed by atoms with Gasteiger partial charge in [-0.05, 0) is 12.1 Å². The molecular formula is C9H5F4N. The van der Waals surface area contributed by atoms with Crippen LogP contribution in [0.3, 0.4) is 0 Å². The number of hydrogen-bond acceptors (Lipinski definition) is 1. The van der Waals surface area contributed by atoms with Crippen LogP contribution < -0.4 is 0 Å². The highest BCUT2D eigenvalue weighted by Gasteiger charge is 2.30. The van der Waals surface area contributed by atoms with Crippen LogP contribution in [0.1, 0.15) is 17.3 Å². The normalized spacial score (nSPS) is 13.4. The van der Waals surface area contributed by atoms with Crippen molar-refractivity contribution in [1.29, 1.82) is 5.26 Å². The summed E-state index contributed by atoms with van der Waals surface area (Å²) in [6, 6.07) is 4.70. The minimum Gasteiger partial charge on any atom is -0.226 e. The van der Waals surface area contributed by atoms with Crippen molar-refractivity contribution in [1.82, 2.24) is 0 Å². The molecule has 0 amide bonds. The lowest BCUT2D eigenvalue weighted by Crippen LogP contribution is -2.04. The quantitative estimate of drug-likeness (QED) is 0.642. The number of alkyl halides is 4. The third kappa shape index (κ3) is 2.22. The average Bonchev–Trinajstić information content (AvgIpc) is 2.15. The maximum absolute atomic E-state index is 12.7. The van der Waals surface area contributed by atoms with Gasteiger partial charge in [-0.2, -0.15) is 18.4 Å². The predicted octanol–water partition coefficient (Wildman–Crippen LogP) is 3.24. The van der Waals surface area contributed by atoms with Gasteiger partial charge in [0.1, 0.15) is 6.07 Å². The summed E-state index contributed by atoms with van der Waals surface area (Å²) in [4.78, 5) is 0.